The fraction of sp³-hybridized carbons (Fsp3) is 0.488. The zero-order valence-corrected chi connectivity index (χ0v) is 40.5. The molecule has 0 bridgehead atoms. The summed E-state index contributed by atoms with van der Waals surface area (Å²) in [6.45, 7) is -8.04. The average Bonchev–Trinajstić information content (AvgIpc) is 3.99. The topological polar surface area (TPSA) is 256 Å². The largest absolute Gasteiger partial charge is 0.780 e. The average molecular weight is 1040 g/mol. The number of nitrogens with two attached hydrogens (primary N) is 1. The van der Waals surface area contributed by atoms with Gasteiger partial charge in [-0.1, -0.05) is 75.8 Å². The number of hydrogen-bond donors (Lipinski definition) is 2. The number of esters is 1. The van der Waals surface area contributed by atoms with Gasteiger partial charge in [0.15, 0.2) is 36.3 Å². The van der Waals surface area contributed by atoms with Crippen LogP contribution < -0.4 is 31.3 Å². The Morgan fingerprint density at radius 3 is 2.20 bits per heavy atom. The van der Waals surface area contributed by atoms with E-state index in [9.17, 15) is 23.8 Å². The van der Waals surface area contributed by atoms with Crippen LogP contribution in [-0.4, -0.2) is 91.6 Å². The number of carbonyl (C=O) groups is 1. The van der Waals surface area contributed by atoms with E-state index in [0.29, 0.717) is 34.9 Å². The van der Waals surface area contributed by atoms with Crippen LogP contribution in [0.4, 0.5) is 14.6 Å². The molecular formula is C43H50F2N7O13P2S2-. The Hall–Kier alpha value is -4.45. The molecule has 10 atom stereocenters. The molecule has 8 rings (SSSR count). The van der Waals surface area contributed by atoms with Gasteiger partial charge in [-0.05, 0) is 59.8 Å². The maximum absolute atomic E-state index is 16.5. The van der Waals surface area contributed by atoms with E-state index in [1.54, 1.807) is 36.4 Å². The van der Waals surface area contributed by atoms with Crippen molar-refractivity contribution in [1.82, 2.24) is 29.1 Å². The van der Waals surface area contributed by atoms with Gasteiger partial charge in [0.1, 0.15) is 54.5 Å². The van der Waals surface area contributed by atoms with Gasteiger partial charge in [-0.15, -0.1) is 0 Å². The highest BCUT2D eigenvalue weighted by Crippen LogP contribution is 2.64. The van der Waals surface area contributed by atoms with Crippen LogP contribution in [0, 0.1) is 0 Å². The van der Waals surface area contributed by atoms with Crippen molar-refractivity contribution in [2.45, 2.75) is 113 Å². The number of hydrogen-bond acceptors (Lipinski definition) is 19. The van der Waals surface area contributed by atoms with E-state index < -0.39 is 93.2 Å². The molecule has 0 spiro atoms. The van der Waals surface area contributed by atoms with Gasteiger partial charge in [-0.25, -0.2) is 37.9 Å². The van der Waals surface area contributed by atoms with E-state index in [-0.39, 0.29) is 28.5 Å². The number of imidazole rings is 1. The molecule has 3 fully saturated rings. The van der Waals surface area contributed by atoms with Crippen LogP contribution in [0.3, 0.4) is 0 Å². The van der Waals surface area contributed by atoms with E-state index in [0.717, 1.165) is 36.0 Å². The Balaban J connectivity index is 0.953. The molecule has 3 aromatic heterocycles. The van der Waals surface area contributed by atoms with Crippen molar-refractivity contribution < 1.29 is 60.1 Å². The quantitative estimate of drug-likeness (QED) is 0.0430. The highest BCUT2D eigenvalue weighted by Gasteiger charge is 2.54. The Morgan fingerprint density at radius 1 is 0.870 bits per heavy atom. The first-order valence-corrected chi connectivity index (χ1v) is 28.0. The number of aromatic nitrogens is 6. The summed E-state index contributed by atoms with van der Waals surface area (Å²) in [4.78, 5) is 65.4. The van der Waals surface area contributed by atoms with E-state index in [4.69, 9.17) is 54.6 Å². The Kier molecular flexibility index (Phi) is 16.8. The van der Waals surface area contributed by atoms with Crippen molar-refractivity contribution in [2.75, 3.05) is 25.6 Å². The second kappa shape index (κ2) is 22.7. The van der Waals surface area contributed by atoms with E-state index >= 15 is 8.78 Å². The molecule has 3 aliphatic heterocycles. The minimum Gasteiger partial charge on any atom is -0.780 e. The third-order valence-corrected chi connectivity index (χ3v) is 16.7. The Bertz CT molecular complexity index is 2770. The molecule has 69 heavy (non-hydrogen) atoms. The zero-order chi connectivity index (χ0) is 48.7. The van der Waals surface area contributed by atoms with Crippen molar-refractivity contribution in [3.8, 4) is 11.5 Å². The summed E-state index contributed by atoms with van der Waals surface area (Å²) >= 11 is 5.76. The molecule has 20 nitrogen and oxygen atoms in total. The molecule has 6 heterocycles. The predicted octanol–water partition coefficient (Wildman–Crippen LogP) is 6.61. The van der Waals surface area contributed by atoms with Crippen molar-refractivity contribution in [3.05, 3.63) is 105 Å². The number of H-pyrrole nitrogens is 1. The summed E-state index contributed by atoms with van der Waals surface area (Å²) in [5, 5.41) is 0. The molecule has 3 saturated heterocycles. The summed E-state index contributed by atoms with van der Waals surface area (Å²) < 4.78 is 96.1. The minimum atomic E-state index is -4.66. The highest BCUT2D eigenvalue weighted by molar-refractivity contribution is 8.54. The molecule has 0 radical (unpaired) electrons. The summed E-state index contributed by atoms with van der Waals surface area (Å²) in [5.41, 5.74) is 5.21. The molecule has 5 aromatic rings. The molecule has 0 aliphatic carbocycles. The minimum absolute atomic E-state index is 0.00929. The lowest BCUT2D eigenvalue weighted by Gasteiger charge is -2.35. The van der Waals surface area contributed by atoms with Crippen LogP contribution in [0.1, 0.15) is 86.7 Å². The molecule has 0 saturated carbocycles. The molecule has 3 N–H and O–H groups in total. The van der Waals surface area contributed by atoms with Crippen LogP contribution in [-0.2, 0) is 49.7 Å². The van der Waals surface area contributed by atoms with Gasteiger partial charge in [-0.2, -0.15) is 0 Å². The molecule has 2 aromatic carbocycles. The fourth-order valence-electron chi connectivity index (χ4n) is 7.88. The van der Waals surface area contributed by atoms with Crippen LogP contribution in [0.25, 0.3) is 11.2 Å². The number of benzene rings is 2. The van der Waals surface area contributed by atoms with Crippen LogP contribution in [0.15, 0.2) is 83.0 Å². The maximum Gasteiger partial charge on any atom is 0.389 e. The molecule has 26 heteroatoms. The van der Waals surface area contributed by atoms with Gasteiger partial charge in [0, 0.05) is 18.0 Å². The first-order chi connectivity index (χ1) is 33.2. The van der Waals surface area contributed by atoms with Gasteiger partial charge in [-0.3, -0.25) is 28.0 Å². The van der Waals surface area contributed by atoms with Crippen molar-refractivity contribution in [1.29, 1.82) is 0 Å². The van der Waals surface area contributed by atoms with Crippen LogP contribution in [0.2, 0.25) is 0 Å². The summed E-state index contributed by atoms with van der Waals surface area (Å²) in [6.07, 6.45) is -1.50. The van der Waals surface area contributed by atoms with Gasteiger partial charge in [0.25, 0.3) is 5.56 Å². The van der Waals surface area contributed by atoms with E-state index in [2.05, 4.69) is 21.9 Å². The Labute approximate surface area is 403 Å². The van der Waals surface area contributed by atoms with Crippen LogP contribution in [0.5, 0.6) is 11.5 Å². The Morgan fingerprint density at radius 2 is 1.51 bits per heavy atom. The lowest BCUT2D eigenvalue weighted by atomic mass is 10.1. The lowest BCUT2D eigenvalue weighted by molar-refractivity contribution is -0.217. The van der Waals surface area contributed by atoms with Crippen molar-refractivity contribution in [2.24, 2.45) is 0 Å². The molecular weight excluding hydrogens is 987 g/mol. The van der Waals surface area contributed by atoms with Gasteiger partial charge < -0.3 is 38.6 Å². The number of nitrogens with zero attached hydrogens (tertiary/aromatic N) is 5. The summed E-state index contributed by atoms with van der Waals surface area (Å²) in [6, 6.07) is 13.9. The number of nitrogen functional groups attached to an aromatic ring is 1. The number of rotatable bonds is 17. The first kappa shape index (κ1) is 50.9. The number of aromatic amines is 1. The van der Waals surface area contributed by atoms with Crippen LogP contribution >= 0.6 is 24.9 Å². The van der Waals surface area contributed by atoms with Crippen molar-refractivity contribution >= 4 is 59.7 Å². The standard InChI is InChI=1S/C43H51F2N7O13P2S2/c1-2-3-4-5-6-7-8-9-20-58-28-16-12-27(13-17-28)42(54)61-29-14-10-26(11-15-29)23-69-67(57)60-22-31-36(33(44)41(63-31)52-25-49-35-38(46)47-24-48-39(35)52)64-66(56,68)59-21-30-37(65-67)34(45)40(62-30)51-19-18-32(53)50-43(51)55/h10-19,24-25,30-31,33-34,36-37,40-41H,2-9,20-23H2,1H3,(H,56,68)(H2,46,47,48)(H,50,53,55)/p-1/t30-,31-,33-,34-,36-,37-,40-,41-,66?,67?/m1/s1. The fourth-order valence-corrected chi connectivity index (χ4v) is 12.7. The number of unbranched alkanes of at least 4 members (excludes halogenated alkanes) is 7. The number of fused-ring (bicyclic) bond motifs is 3. The maximum atomic E-state index is 16.5. The normalized spacial score (nSPS) is 28.3. The van der Waals surface area contributed by atoms with Gasteiger partial charge in [0.2, 0.25) is 0 Å². The highest BCUT2D eigenvalue weighted by atomic mass is 32.7. The third-order valence-electron chi connectivity index (χ3n) is 11.5. The van der Waals surface area contributed by atoms with Gasteiger partial charge in [0.05, 0.1) is 31.7 Å². The molecule has 372 valence electrons. The predicted molar refractivity (Wildman–Crippen MR) is 249 cm³/mol. The molecule has 0 amide bonds. The number of halogens is 2. The third kappa shape index (κ3) is 12.5. The number of anilines is 1. The lowest BCUT2D eigenvalue weighted by Crippen LogP contribution is -2.38. The second-order valence-corrected chi connectivity index (χ2v) is 23.1. The summed E-state index contributed by atoms with van der Waals surface area (Å²) in [5.74, 6) is 0.167. The zero-order valence-electron chi connectivity index (χ0n) is 37.1. The summed E-state index contributed by atoms with van der Waals surface area (Å²) in [7, 11) is 0. The number of carbonyl (C=O) groups excluding carboxylic acids is 1. The smallest absolute Gasteiger partial charge is 0.389 e. The first-order valence-electron chi connectivity index (χ1n) is 22.3. The van der Waals surface area contributed by atoms with Gasteiger partial charge >= 0.3 is 18.5 Å². The number of alkyl halides is 2. The molecule has 2 unspecified atom stereocenters. The van der Waals surface area contributed by atoms with Crippen molar-refractivity contribution in [3.63, 3.8) is 0 Å². The number of nitrogens with one attached hydrogen (secondary N) is 1. The molecule has 3 aliphatic rings. The monoisotopic (exact) mass is 1040 g/mol. The SMILES string of the molecule is CCCCCCCCCCOc1ccc(C(=O)Oc2ccc(CSP3(=O)OC[C@H]4O[C@@H](n5cnc6c(N)ncnc65)[C@H](F)[C@@H]4OP([O-])(=S)OC[C@H]4O[C@@H](n5ccc(=O)[nH]c5=O)[C@H](F)[C@@H]4O3)cc2)cc1. The number of ether oxygens (including phenoxy) is 4. The van der Waals surface area contributed by atoms with E-state index in [1.807, 2.05) is 4.98 Å². The van der Waals surface area contributed by atoms with E-state index in [1.165, 1.54) is 61.6 Å². The second-order valence-electron chi connectivity index (χ2n) is 16.4.